The number of hydrogen-bond acceptors (Lipinski definition) is 3. The molecule has 0 radical (unpaired) electrons. The fraction of sp³-hybridized carbons (Fsp3) is 0.357. The van der Waals surface area contributed by atoms with Gasteiger partial charge in [-0.15, -0.1) is 11.8 Å². The zero-order valence-electron chi connectivity index (χ0n) is 10.5. The molecule has 1 aromatic carbocycles. The standard InChI is InChI=1S/C14H18N2O2/c1-2-3-4-9-16-14(17)8-10-18-13-7-5-6-12(15)11-13/h5-7,11H,4,8-10,15H2,1H3,(H,16,17). The lowest BCUT2D eigenvalue weighted by Crippen LogP contribution is -2.25. The summed E-state index contributed by atoms with van der Waals surface area (Å²) in [6.07, 6.45) is 1.01. The lowest BCUT2D eigenvalue weighted by molar-refractivity contribution is -0.121. The van der Waals surface area contributed by atoms with Gasteiger partial charge in [0.05, 0.1) is 13.0 Å². The molecule has 1 aromatic rings. The van der Waals surface area contributed by atoms with E-state index in [0.29, 0.717) is 37.4 Å². The van der Waals surface area contributed by atoms with Gasteiger partial charge in [-0.2, -0.15) is 0 Å². The maximum atomic E-state index is 11.4. The lowest BCUT2D eigenvalue weighted by Gasteiger charge is -2.06. The summed E-state index contributed by atoms with van der Waals surface area (Å²) in [4.78, 5) is 11.4. The van der Waals surface area contributed by atoms with Crippen LogP contribution >= 0.6 is 0 Å². The Labute approximate surface area is 108 Å². The minimum Gasteiger partial charge on any atom is -0.493 e. The van der Waals surface area contributed by atoms with Crippen molar-refractivity contribution in [3.8, 4) is 17.6 Å². The highest BCUT2D eigenvalue weighted by Crippen LogP contribution is 2.14. The normalized spacial score (nSPS) is 9.17. The molecule has 0 aliphatic heterocycles. The molecule has 0 aromatic heterocycles. The molecule has 4 nitrogen and oxygen atoms in total. The van der Waals surface area contributed by atoms with E-state index in [4.69, 9.17) is 10.5 Å². The Bertz CT molecular complexity index is 447. The highest BCUT2D eigenvalue weighted by molar-refractivity contribution is 5.75. The van der Waals surface area contributed by atoms with Crippen molar-refractivity contribution >= 4 is 11.6 Å². The molecule has 0 saturated heterocycles. The van der Waals surface area contributed by atoms with Gasteiger partial charge in [-0.3, -0.25) is 4.79 Å². The van der Waals surface area contributed by atoms with E-state index in [0.717, 1.165) is 0 Å². The Morgan fingerprint density at radius 2 is 2.33 bits per heavy atom. The van der Waals surface area contributed by atoms with E-state index >= 15 is 0 Å². The van der Waals surface area contributed by atoms with E-state index in [1.165, 1.54) is 0 Å². The molecule has 1 amide bonds. The molecule has 0 saturated carbocycles. The van der Waals surface area contributed by atoms with E-state index in [1.807, 2.05) is 12.1 Å². The first-order valence-corrected chi connectivity index (χ1v) is 5.87. The van der Waals surface area contributed by atoms with Crippen molar-refractivity contribution < 1.29 is 9.53 Å². The molecule has 0 fully saturated rings. The Morgan fingerprint density at radius 3 is 3.06 bits per heavy atom. The first kappa shape index (κ1) is 13.9. The number of carbonyl (C=O) groups is 1. The van der Waals surface area contributed by atoms with Crippen LogP contribution in [0.3, 0.4) is 0 Å². The summed E-state index contributed by atoms with van der Waals surface area (Å²) in [6, 6.07) is 7.14. The quantitative estimate of drug-likeness (QED) is 0.455. The van der Waals surface area contributed by atoms with E-state index in [-0.39, 0.29) is 5.91 Å². The molecule has 0 bridgehead atoms. The van der Waals surface area contributed by atoms with Gasteiger partial charge in [0.15, 0.2) is 0 Å². The SMILES string of the molecule is CC#CCCNC(=O)CCOc1cccc(N)c1. The van der Waals surface area contributed by atoms with Gasteiger partial charge in [-0.25, -0.2) is 0 Å². The van der Waals surface area contributed by atoms with Crippen LogP contribution in [0.4, 0.5) is 5.69 Å². The number of nitrogens with one attached hydrogen (secondary N) is 1. The summed E-state index contributed by atoms with van der Waals surface area (Å²) in [5.74, 6) is 6.30. The van der Waals surface area contributed by atoms with E-state index in [2.05, 4.69) is 17.2 Å². The second-order valence-electron chi connectivity index (χ2n) is 3.70. The predicted octanol–water partition coefficient (Wildman–Crippen LogP) is 1.57. The largest absolute Gasteiger partial charge is 0.493 e. The number of anilines is 1. The zero-order chi connectivity index (χ0) is 13.2. The molecule has 1 rings (SSSR count). The minimum atomic E-state index is -0.0307. The third-order valence-corrected chi connectivity index (χ3v) is 2.20. The Balaban J connectivity index is 2.16. The molecule has 18 heavy (non-hydrogen) atoms. The number of amides is 1. The molecule has 0 aliphatic carbocycles. The smallest absolute Gasteiger partial charge is 0.223 e. The zero-order valence-corrected chi connectivity index (χ0v) is 10.5. The molecule has 4 heteroatoms. The van der Waals surface area contributed by atoms with Crippen molar-refractivity contribution in [2.45, 2.75) is 19.8 Å². The first-order valence-electron chi connectivity index (χ1n) is 5.87. The summed E-state index contributed by atoms with van der Waals surface area (Å²) in [7, 11) is 0. The van der Waals surface area contributed by atoms with Crippen molar-refractivity contribution in [3.05, 3.63) is 24.3 Å². The van der Waals surface area contributed by atoms with Crippen LogP contribution in [-0.4, -0.2) is 19.1 Å². The van der Waals surface area contributed by atoms with Crippen molar-refractivity contribution in [1.82, 2.24) is 5.32 Å². The van der Waals surface area contributed by atoms with E-state index < -0.39 is 0 Å². The van der Waals surface area contributed by atoms with Gasteiger partial charge in [-0.1, -0.05) is 6.07 Å². The first-order chi connectivity index (χ1) is 8.72. The van der Waals surface area contributed by atoms with Crippen LogP contribution in [0, 0.1) is 11.8 Å². The molecule has 0 aliphatic rings. The third-order valence-electron chi connectivity index (χ3n) is 2.20. The number of nitrogen functional groups attached to an aromatic ring is 1. The van der Waals surface area contributed by atoms with Gasteiger partial charge in [-0.05, 0) is 19.1 Å². The summed E-state index contributed by atoms with van der Waals surface area (Å²) in [5, 5.41) is 2.77. The van der Waals surface area contributed by atoms with E-state index in [9.17, 15) is 4.79 Å². The van der Waals surface area contributed by atoms with Crippen LogP contribution in [0.25, 0.3) is 0 Å². The fourth-order valence-corrected chi connectivity index (χ4v) is 1.34. The van der Waals surface area contributed by atoms with Crippen molar-refractivity contribution in [2.75, 3.05) is 18.9 Å². The minimum absolute atomic E-state index is 0.0307. The molecular weight excluding hydrogens is 228 g/mol. The lowest BCUT2D eigenvalue weighted by atomic mass is 10.3. The Kier molecular flexibility index (Phi) is 6.20. The van der Waals surface area contributed by atoms with Crippen molar-refractivity contribution in [3.63, 3.8) is 0 Å². The summed E-state index contributed by atoms with van der Waals surface area (Å²) >= 11 is 0. The molecule has 0 spiro atoms. The van der Waals surface area contributed by atoms with Crippen LogP contribution in [0.5, 0.6) is 5.75 Å². The molecule has 3 N–H and O–H groups in total. The molecule has 0 heterocycles. The number of hydrogen-bond donors (Lipinski definition) is 2. The van der Waals surface area contributed by atoms with Gasteiger partial charge >= 0.3 is 0 Å². The number of ether oxygens (including phenoxy) is 1. The van der Waals surface area contributed by atoms with Gasteiger partial charge in [0.1, 0.15) is 5.75 Å². The predicted molar refractivity (Wildman–Crippen MR) is 72.0 cm³/mol. The summed E-state index contributed by atoms with van der Waals surface area (Å²) in [5.41, 5.74) is 6.26. The van der Waals surface area contributed by atoms with Crippen LogP contribution in [-0.2, 0) is 4.79 Å². The molecule has 96 valence electrons. The highest BCUT2D eigenvalue weighted by Gasteiger charge is 2.01. The van der Waals surface area contributed by atoms with Crippen molar-refractivity contribution in [2.24, 2.45) is 0 Å². The molecule has 0 atom stereocenters. The van der Waals surface area contributed by atoms with Crippen LogP contribution in [0.2, 0.25) is 0 Å². The van der Waals surface area contributed by atoms with Gasteiger partial charge in [0, 0.05) is 24.7 Å². The maximum absolute atomic E-state index is 11.4. The molecular formula is C14H18N2O2. The van der Waals surface area contributed by atoms with Crippen LogP contribution in [0.1, 0.15) is 19.8 Å². The second kappa shape index (κ2) is 8.02. The topological polar surface area (TPSA) is 64.3 Å². The molecule has 0 unspecified atom stereocenters. The fourth-order valence-electron chi connectivity index (χ4n) is 1.34. The van der Waals surface area contributed by atoms with Crippen LogP contribution < -0.4 is 15.8 Å². The summed E-state index contributed by atoms with van der Waals surface area (Å²) in [6.45, 7) is 2.70. The average Bonchev–Trinajstić information content (AvgIpc) is 2.35. The van der Waals surface area contributed by atoms with E-state index in [1.54, 1.807) is 19.1 Å². The number of carbonyl (C=O) groups excluding carboxylic acids is 1. The number of benzene rings is 1. The van der Waals surface area contributed by atoms with Gasteiger partial charge in [0.2, 0.25) is 5.91 Å². The highest BCUT2D eigenvalue weighted by atomic mass is 16.5. The monoisotopic (exact) mass is 246 g/mol. The van der Waals surface area contributed by atoms with Crippen LogP contribution in [0.15, 0.2) is 24.3 Å². The number of rotatable bonds is 6. The summed E-state index contributed by atoms with van der Waals surface area (Å²) < 4.78 is 5.42. The number of nitrogens with two attached hydrogens (primary N) is 1. The Hall–Kier alpha value is -2.15. The second-order valence-corrected chi connectivity index (χ2v) is 3.70. The van der Waals surface area contributed by atoms with Gasteiger partial charge in [0.25, 0.3) is 0 Å². The van der Waals surface area contributed by atoms with Gasteiger partial charge < -0.3 is 15.8 Å². The third kappa shape index (κ3) is 5.80. The average molecular weight is 246 g/mol. The Morgan fingerprint density at radius 1 is 1.50 bits per heavy atom. The van der Waals surface area contributed by atoms with Crippen molar-refractivity contribution in [1.29, 1.82) is 0 Å². The maximum Gasteiger partial charge on any atom is 0.223 e.